The first kappa shape index (κ1) is 16.5. The molecule has 1 atom stereocenters. The number of nitrogens with zero attached hydrogens (tertiary/aromatic N) is 1. The number of ether oxygens (including phenoxy) is 1. The predicted octanol–water partition coefficient (Wildman–Crippen LogP) is 2.11. The lowest BCUT2D eigenvalue weighted by molar-refractivity contribution is -0.138. The molecule has 0 saturated carbocycles. The van der Waals surface area contributed by atoms with Crippen molar-refractivity contribution in [3.8, 4) is 5.75 Å². The van der Waals surface area contributed by atoms with Gasteiger partial charge in [0.15, 0.2) is 5.69 Å². The average molecular weight is 318 g/mol. The van der Waals surface area contributed by atoms with Gasteiger partial charge in [-0.1, -0.05) is 17.3 Å². The number of carbonyl (C=O) groups is 2. The van der Waals surface area contributed by atoms with Gasteiger partial charge >= 0.3 is 5.97 Å². The molecule has 2 rings (SSSR count). The fraction of sp³-hybridized carbons (Fsp3) is 0.312. The summed E-state index contributed by atoms with van der Waals surface area (Å²) in [4.78, 5) is 23.6. The molecule has 0 fully saturated rings. The molecule has 1 amide bonds. The Hall–Kier alpha value is -2.83. The molecule has 122 valence electrons. The van der Waals surface area contributed by atoms with E-state index < -0.39 is 17.4 Å². The molecule has 0 bridgehead atoms. The van der Waals surface area contributed by atoms with Crippen molar-refractivity contribution in [2.24, 2.45) is 0 Å². The van der Waals surface area contributed by atoms with Crippen molar-refractivity contribution in [1.29, 1.82) is 0 Å². The van der Waals surface area contributed by atoms with E-state index in [1.54, 1.807) is 38.1 Å². The molecule has 1 aromatic carbocycles. The van der Waals surface area contributed by atoms with E-state index in [1.807, 2.05) is 0 Å². The van der Waals surface area contributed by atoms with Crippen LogP contribution in [0, 0.1) is 6.92 Å². The third-order valence-corrected chi connectivity index (χ3v) is 3.46. The van der Waals surface area contributed by atoms with E-state index in [9.17, 15) is 14.7 Å². The maximum atomic E-state index is 12.3. The first-order valence-electron chi connectivity index (χ1n) is 6.96. The fourth-order valence-electron chi connectivity index (χ4n) is 2.28. The van der Waals surface area contributed by atoms with Gasteiger partial charge in [-0.05, 0) is 31.5 Å². The standard InChI is InChI=1S/C16H18N2O5/c1-10-7-13(18-23-10)15(21)17-16(2,9-14(19)20)11-5-4-6-12(8-11)22-3/h4-8H,9H2,1-3H3,(H,17,21)(H,19,20). The number of carbonyl (C=O) groups excluding carboxylic acids is 1. The van der Waals surface area contributed by atoms with E-state index >= 15 is 0 Å². The van der Waals surface area contributed by atoms with Crippen LogP contribution in [0.1, 0.15) is 35.2 Å². The second-order valence-electron chi connectivity index (χ2n) is 5.41. The number of rotatable bonds is 6. The van der Waals surface area contributed by atoms with Gasteiger partial charge in [-0.2, -0.15) is 0 Å². The summed E-state index contributed by atoms with van der Waals surface area (Å²) in [5.74, 6) is -0.470. The van der Waals surface area contributed by atoms with Gasteiger partial charge in [0.05, 0.1) is 19.1 Å². The monoisotopic (exact) mass is 318 g/mol. The van der Waals surface area contributed by atoms with E-state index in [1.165, 1.54) is 13.2 Å². The summed E-state index contributed by atoms with van der Waals surface area (Å²) in [7, 11) is 1.52. The molecule has 2 N–H and O–H groups in total. The molecule has 0 aliphatic rings. The first-order valence-corrected chi connectivity index (χ1v) is 6.96. The molecule has 0 radical (unpaired) electrons. The number of aryl methyl sites for hydroxylation is 1. The molecule has 1 aromatic heterocycles. The van der Waals surface area contributed by atoms with Crippen molar-refractivity contribution < 1.29 is 24.0 Å². The van der Waals surface area contributed by atoms with Gasteiger partial charge < -0.3 is 19.7 Å². The Bertz CT molecular complexity index is 725. The quantitative estimate of drug-likeness (QED) is 0.846. The molecule has 7 nitrogen and oxygen atoms in total. The Kier molecular flexibility index (Phi) is 4.68. The second-order valence-corrected chi connectivity index (χ2v) is 5.41. The molecular weight excluding hydrogens is 300 g/mol. The molecule has 1 unspecified atom stereocenters. The topological polar surface area (TPSA) is 102 Å². The number of aromatic nitrogens is 1. The summed E-state index contributed by atoms with van der Waals surface area (Å²) in [6.07, 6.45) is -0.289. The van der Waals surface area contributed by atoms with E-state index in [0.717, 1.165) is 0 Å². The minimum atomic E-state index is -1.12. The third kappa shape index (κ3) is 3.88. The molecule has 0 saturated heterocycles. The number of hydrogen-bond acceptors (Lipinski definition) is 5. The number of aliphatic carboxylic acids is 1. The Morgan fingerprint density at radius 3 is 2.70 bits per heavy atom. The number of methoxy groups -OCH3 is 1. The third-order valence-electron chi connectivity index (χ3n) is 3.46. The van der Waals surface area contributed by atoms with Crippen LogP contribution in [0.25, 0.3) is 0 Å². The maximum absolute atomic E-state index is 12.3. The number of benzene rings is 1. The minimum Gasteiger partial charge on any atom is -0.497 e. The Morgan fingerprint density at radius 2 is 2.13 bits per heavy atom. The Balaban J connectivity index is 2.34. The van der Waals surface area contributed by atoms with E-state index in [4.69, 9.17) is 9.26 Å². The lowest BCUT2D eigenvalue weighted by Crippen LogP contribution is -2.45. The maximum Gasteiger partial charge on any atom is 0.306 e. The van der Waals surface area contributed by atoms with Gasteiger partial charge in [0.2, 0.25) is 0 Å². The Labute approximate surface area is 133 Å². The van der Waals surface area contributed by atoms with Gasteiger partial charge in [-0.25, -0.2) is 0 Å². The zero-order valence-corrected chi connectivity index (χ0v) is 13.1. The highest BCUT2D eigenvalue weighted by molar-refractivity contribution is 5.93. The van der Waals surface area contributed by atoms with Crippen LogP contribution in [0.3, 0.4) is 0 Å². The molecule has 1 heterocycles. The van der Waals surface area contributed by atoms with Crippen LogP contribution in [0.5, 0.6) is 5.75 Å². The van der Waals surface area contributed by atoms with Crippen molar-refractivity contribution in [3.63, 3.8) is 0 Å². The van der Waals surface area contributed by atoms with E-state index in [0.29, 0.717) is 17.1 Å². The number of carboxylic acids is 1. The van der Waals surface area contributed by atoms with Crippen LogP contribution in [0.15, 0.2) is 34.9 Å². The van der Waals surface area contributed by atoms with Gasteiger partial charge in [0.1, 0.15) is 11.5 Å². The number of nitrogens with one attached hydrogen (secondary N) is 1. The molecule has 0 aliphatic carbocycles. The SMILES string of the molecule is COc1cccc(C(C)(CC(=O)O)NC(=O)c2cc(C)on2)c1. The van der Waals surface area contributed by atoms with Gasteiger partial charge in [0, 0.05) is 6.07 Å². The van der Waals surface area contributed by atoms with Crippen LogP contribution in [0.2, 0.25) is 0 Å². The summed E-state index contributed by atoms with van der Waals surface area (Å²) in [6, 6.07) is 8.40. The molecule has 0 spiro atoms. The minimum absolute atomic E-state index is 0.0991. The van der Waals surface area contributed by atoms with E-state index in [-0.39, 0.29) is 12.1 Å². The smallest absolute Gasteiger partial charge is 0.306 e. The summed E-state index contributed by atoms with van der Waals surface area (Å²) in [6.45, 7) is 3.31. The van der Waals surface area contributed by atoms with Crippen LogP contribution in [-0.4, -0.2) is 29.2 Å². The number of amides is 1. The lowest BCUT2D eigenvalue weighted by Gasteiger charge is -2.29. The predicted molar refractivity (Wildman–Crippen MR) is 81.3 cm³/mol. The normalized spacial score (nSPS) is 13.2. The van der Waals surface area contributed by atoms with Crippen molar-refractivity contribution in [1.82, 2.24) is 10.5 Å². The summed E-state index contributed by atoms with van der Waals surface area (Å²) in [5.41, 5.74) is -0.403. The molecule has 2 aromatic rings. The average Bonchev–Trinajstić information content (AvgIpc) is 2.93. The molecule has 7 heteroatoms. The highest BCUT2D eigenvalue weighted by atomic mass is 16.5. The van der Waals surface area contributed by atoms with Crippen LogP contribution >= 0.6 is 0 Å². The van der Waals surface area contributed by atoms with E-state index in [2.05, 4.69) is 10.5 Å². The van der Waals surface area contributed by atoms with Crippen molar-refractivity contribution in [3.05, 3.63) is 47.3 Å². The Morgan fingerprint density at radius 1 is 1.39 bits per heavy atom. The summed E-state index contributed by atoms with van der Waals surface area (Å²) in [5, 5.41) is 15.6. The summed E-state index contributed by atoms with van der Waals surface area (Å²) < 4.78 is 10.0. The highest BCUT2D eigenvalue weighted by Crippen LogP contribution is 2.28. The van der Waals surface area contributed by atoms with Crippen molar-refractivity contribution in [2.75, 3.05) is 7.11 Å². The largest absolute Gasteiger partial charge is 0.497 e. The zero-order chi connectivity index (χ0) is 17.0. The number of carboxylic acid groups (broad SMARTS) is 1. The molecular formula is C16H18N2O5. The van der Waals surface area contributed by atoms with Crippen molar-refractivity contribution >= 4 is 11.9 Å². The lowest BCUT2D eigenvalue weighted by atomic mass is 9.88. The molecule has 0 aliphatic heterocycles. The zero-order valence-electron chi connectivity index (χ0n) is 13.1. The van der Waals surface area contributed by atoms with Crippen molar-refractivity contribution in [2.45, 2.75) is 25.8 Å². The van der Waals surface area contributed by atoms with Gasteiger partial charge in [0.25, 0.3) is 5.91 Å². The van der Waals surface area contributed by atoms with Crippen LogP contribution < -0.4 is 10.1 Å². The van der Waals surface area contributed by atoms with Crippen LogP contribution in [0.4, 0.5) is 0 Å². The van der Waals surface area contributed by atoms with Crippen LogP contribution in [-0.2, 0) is 10.3 Å². The van der Waals surface area contributed by atoms with Gasteiger partial charge in [-0.3, -0.25) is 9.59 Å². The first-order chi connectivity index (χ1) is 10.8. The number of hydrogen-bond donors (Lipinski definition) is 2. The highest BCUT2D eigenvalue weighted by Gasteiger charge is 2.33. The second kappa shape index (κ2) is 6.51. The fourth-order valence-corrected chi connectivity index (χ4v) is 2.28. The summed E-state index contributed by atoms with van der Waals surface area (Å²) >= 11 is 0. The van der Waals surface area contributed by atoms with Gasteiger partial charge in [-0.15, -0.1) is 0 Å². The molecule has 23 heavy (non-hydrogen) atoms.